The monoisotopic (exact) mass is 372 g/mol. The highest BCUT2D eigenvalue weighted by atomic mass is 15.4. The Morgan fingerprint density at radius 2 is 1.82 bits per heavy atom. The summed E-state index contributed by atoms with van der Waals surface area (Å²) in [7, 11) is 0. The first-order valence-corrected chi connectivity index (χ1v) is 9.48. The van der Waals surface area contributed by atoms with Crippen molar-refractivity contribution in [1.29, 1.82) is 0 Å². The van der Waals surface area contributed by atoms with E-state index in [1.54, 1.807) is 12.4 Å². The van der Waals surface area contributed by atoms with E-state index >= 15 is 0 Å². The van der Waals surface area contributed by atoms with Crippen LogP contribution in [0.15, 0.2) is 55.0 Å². The Balaban J connectivity index is 1.34. The summed E-state index contributed by atoms with van der Waals surface area (Å²) >= 11 is 0. The highest BCUT2D eigenvalue weighted by Gasteiger charge is 2.25. The van der Waals surface area contributed by atoms with E-state index in [2.05, 4.69) is 30.3 Å². The van der Waals surface area contributed by atoms with E-state index in [4.69, 9.17) is 5.10 Å². The van der Waals surface area contributed by atoms with E-state index < -0.39 is 0 Å². The number of fused-ring (bicyclic) bond motifs is 1. The molecule has 0 unspecified atom stereocenters. The van der Waals surface area contributed by atoms with Gasteiger partial charge in [0.05, 0.1) is 11.4 Å². The molecule has 0 N–H and O–H groups in total. The van der Waals surface area contributed by atoms with E-state index in [1.807, 2.05) is 47.1 Å². The van der Waals surface area contributed by atoms with Crippen LogP contribution in [-0.4, -0.2) is 53.0 Å². The van der Waals surface area contributed by atoms with Gasteiger partial charge in [-0.05, 0) is 62.3 Å². The highest BCUT2D eigenvalue weighted by molar-refractivity contribution is 5.58. The van der Waals surface area contributed by atoms with Crippen LogP contribution in [0.25, 0.3) is 16.9 Å². The summed E-state index contributed by atoms with van der Waals surface area (Å²) in [6.07, 6.45) is 7.35. The van der Waals surface area contributed by atoms with Crippen molar-refractivity contribution in [3.05, 3.63) is 66.5 Å². The average molecular weight is 372 g/mol. The van der Waals surface area contributed by atoms with E-state index in [0.29, 0.717) is 5.92 Å². The van der Waals surface area contributed by atoms with E-state index in [0.717, 1.165) is 60.9 Å². The molecule has 0 aromatic carbocycles. The number of piperidine rings is 1. The zero-order valence-corrected chi connectivity index (χ0v) is 15.4. The van der Waals surface area contributed by atoms with Crippen LogP contribution in [0.5, 0.6) is 0 Å². The molecular weight excluding hydrogens is 352 g/mol. The van der Waals surface area contributed by atoms with Crippen LogP contribution in [0.4, 0.5) is 0 Å². The summed E-state index contributed by atoms with van der Waals surface area (Å²) in [5, 5.41) is 21.7. The molecule has 0 amide bonds. The first-order chi connectivity index (χ1) is 13.9. The molecule has 8 nitrogen and oxygen atoms in total. The topological polar surface area (TPSA) is 85.0 Å². The number of hydrogen-bond acceptors (Lipinski definition) is 7. The molecule has 1 fully saturated rings. The smallest absolute Gasteiger partial charge is 0.177 e. The zero-order chi connectivity index (χ0) is 18.8. The van der Waals surface area contributed by atoms with Crippen molar-refractivity contribution in [1.82, 2.24) is 39.9 Å². The summed E-state index contributed by atoms with van der Waals surface area (Å²) in [5.41, 5.74) is 3.66. The van der Waals surface area contributed by atoms with Gasteiger partial charge in [0.1, 0.15) is 0 Å². The summed E-state index contributed by atoms with van der Waals surface area (Å²) in [6.45, 7) is 2.83. The third kappa shape index (κ3) is 3.34. The number of hydrogen-bond donors (Lipinski definition) is 0. The molecule has 1 saturated heterocycles. The van der Waals surface area contributed by atoms with Crippen LogP contribution in [0.3, 0.4) is 0 Å². The Kier molecular flexibility index (Phi) is 4.46. The molecule has 4 aromatic heterocycles. The van der Waals surface area contributed by atoms with Gasteiger partial charge < -0.3 is 0 Å². The lowest BCUT2D eigenvalue weighted by Gasteiger charge is -2.30. The Morgan fingerprint density at radius 3 is 2.61 bits per heavy atom. The summed E-state index contributed by atoms with van der Waals surface area (Å²) in [5.74, 6) is 1.30. The molecule has 140 valence electrons. The molecule has 0 spiro atoms. The van der Waals surface area contributed by atoms with Gasteiger partial charge in [0.2, 0.25) is 0 Å². The molecule has 0 atom stereocenters. The SMILES string of the molecule is c1cncc(-c2ccc3nnc(C4CCN(Cc5cccnn5)CC4)n3n2)c1. The van der Waals surface area contributed by atoms with Gasteiger partial charge >= 0.3 is 0 Å². The predicted octanol–water partition coefficient (Wildman–Crippen LogP) is 2.36. The first kappa shape index (κ1) is 16.9. The normalized spacial score (nSPS) is 15.9. The quantitative estimate of drug-likeness (QED) is 0.543. The Labute approximate surface area is 162 Å². The molecule has 1 aliphatic heterocycles. The van der Waals surface area contributed by atoms with Gasteiger partial charge in [0.15, 0.2) is 11.5 Å². The van der Waals surface area contributed by atoms with Crippen molar-refractivity contribution in [3.8, 4) is 11.3 Å². The van der Waals surface area contributed by atoms with Crippen molar-refractivity contribution >= 4 is 5.65 Å². The van der Waals surface area contributed by atoms with E-state index in [9.17, 15) is 0 Å². The van der Waals surface area contributed by atoms with Crippen molar-refractivity contribution in [2.45, 2.75) is 25.3 Å². The lowest BCUT2D eigenvalue weighted by molar-refractivity contribution is 0.198. The average Bonchev–Trinajstić information content (AvgIpc) is 3.19. The standard InChI is InChI=1S/C20H20N8/c1-3-16(13-21-9-1)18-5-6-19-24-25-20(28(19)26-18)15-7-11-27(12-8-15)14-17-4-2-10-22-23-17/h1-6,9-10,13,15H,7-8,11-12,14H2. The van der Waals surface area contributed by atoms with Crippen molar-refractivity contribution in [2.75, 3.05) is 13.1 Å². The third-order valence-corrected chi connectivity index (χ3v) is 5.21. The fourth-order valence-corrected chi connectivity index (χ4v) is 3.72. The minimum atomic E-state index is 0.352. The molecule has 0 saturated carbocycles. The van der Waals surface area contributed by atoms with Crippen LogP contribution in [0, 0.1) is 0 Å². The van der Waals surface area contributed by atoms with Gasteiger partial charge in [-0.3, -0.25) is 9.88 Å². The molecule has 4 aromatic rings. The van der Waals surface area contributed by atoms with Gasteiger partial charge in [-0.2, -0.15) is 19.8 Å². The maximum atomic E-state index is 4.79. The summed E-state index contributed by atoms with van der Waals surface area (Å²) < 4.78 is 1.89. The number of pyridine rings is 1. The number of likely N-dealkylation sites (tertiary alicyclic amines) is 1. The minimum Gasteiger partial charge on any atom is -0.297 e. The molecule has 0 radical (unpaired) electrons. The summed E-state index contributed by atoms with van der Waals surface area (Å²) in [4.78, 5) is 6.60. The van der Waals surface area contributed by atoms with Crippen molar-refractivity contribution in [2.24, 2.45) is 0 Å². The minimum absolute atomic E-state index is 0.352. The highest BCUT2D eigenvalue weighted by Crippen LogP contribution is 2.28. The van der Waals surface area contributed by atoms with Gasteiger partial charge in [0, 0.05) is 36.6 Å². The predicted molar refractivity (Wildman–Crippen MR) is 103 cm³/mol. The largest absolute Gasteiger partial charge is 0.297 e. The third-order valence-electron chi connectivity index (χ3n) is 5.21. The summed E-state index contributed by atoms with van der Waals surface area (Å²) in [6, 6.07) is 11.8. The lowest BCUT2D eigenvalue weighted by atomic mass is 9.96. The lowest BCUT2D eigenvalue weighted by Crippen LogP contribution is -2.33. The molecule has 0 bridgehead atoms. The fourth-order valence-electron chi connectivity index (χ4n) is 3.72. The maximum Gasteiger partial charge on any atom is 0.177 e. The van der Waals surface area contributed by atoms with Crippen LogP contribution < -0.4 is 0 Å². The second-order valence-electron chi connectivity index (χ2n) is 7.05. The van der Waals surface area contributed by atoms with Gasteiger partial charge in [0.25, 0.3) is 0 Å². The zero-order valence-electron chi connectivity index (χ0n) is 15.4. The van der Waals surface area contributed by atoms with Crippen LogP contribution >= 0.6 is 0 Å². The molecule has 1 aliphatic rings. The Bertz CT molecular complexity index is 1060. The van der Waals surface area contributed by atoms with Crippen molar-refractivity contribution < 1.29 is 0 Å². The second-order valence-corrected chi connectivity index (χ2v) is 7.05. The van der Waals surface area contributed by atoms with Crippen LogP contribution in [0.1, 0.15) is 30.3 Å². The molecule has 5 heterocycles. The van der Waals surface area contributed by atoms with Gasteiger partial charge in [-0.25, -0.2) is 0 Å². The van der Waals surface area contributed by atoms with Crippen LogP contribution in [0.2, 0.25) is 0 Å². The second kappa shape index (κ2) is 7.40. The van der Waals surface area contributed by atoms with Crippen molar-refractivity contribution in [3.63, 3.8) is 0 Å². The maximum absolute atomic E-state index is 4.79. The molecular formula is C20H20N8. The van der Waals surface area contributed by atoms with Gasteiger partial charge in [-0.15, -0.1) is 10.2 Å². The molecule has 28 heavy (non-hydrogen) atoms. The molecule has 5 rings (SSSR count). The van der Waals surface area contributed by atoms with E-state index in [1.165, 1.54) is 0 Å². The Morgan fingerprint density at radius 1 is 0.929 bits per heavy atom. The number of rotatable bonds is 4. The molecule has 0 aliphatic carbocycles. The Hall–Kier alpha value is -3.26. The first-order valence-electron chi connectivity index (χ1n) is 9.48. The van der Waals surface area contributed by atoms with Gasteiger partial charge in [-0.1, -0.05) is 0 Å². The molecule has 8 heteroatoms. The fraction of sp³-hybridized carbons (Fsp3) is 0.300. The number of aromatic nitrogens is 7. The van der Waals surface area contributed by atoms with E-state index in [-0.39, 0.29) is 0 Å². The number of nitrogens with zero attached hydrogens (tertiary/aromatic N) is 8. The van der Waals surface area contributed by atoms with Crippen LogP contribution in [-0.2, 0) is 6.54 Å².